The lowest BCUT2D eigenvalue weighted by Crippen LogP contribution is -2.36. The average Bonchev–Trinajstić information content (AvgIpc) is 3.19. The van der Waals surface area contributed by atoms with Crippen molar-refractivity contribution in [3.8, 4) is 17.2 Å². The number of rotatable bonds is 6. The predicted octanol–water partition coefficient (Wildman–Crippen LogP) is 4.44. The van der Waals surface area contributed by atoms with E-state index in [1.165, 1.54) is 11.3 Å². The Labute approximate surface area is 190 Å². The topological polar surface area (TPSA) is 105 Å². The van der Waals surface area contributed by atoms with Crippen LogP contribution in [0.4, 0.5) is 4.39 Å². The van der Waals surface area contributed by atoms with Gasteiger partial charge in [-0.3, -0.25) is 4.79 Å². The maximum absolute atomic E-state index is 15.2. The van der Waals surface area contributed by atoms with Crippen LogP contribution in [0, 0.1) is 17.1 Å². The van der Waals surface area contributed by atoms with Crippen molar-refractivity contribution >= 4 is 39.1 Å². The highest BCUT2D eigenvalue weighted by molar-refractivity contribution is 7.18. The standard InChI is InChI=1S/C22H15ClFN5O2S/c23-13-3-1-2-12(8-13)14-4-5-15-21(20(14)24)32-19(26-15)10-18-29-28-17(31-18)9-16(30)27-22(11-25)6-7-22/h1-5,8H,6-7,9-10H2,(H,27,30). The highest BCUT2D eigenvalue weighted by Crippen LogP contribution is 2.35. The van der Waals surface area contributed by atoms with Crippen LogP contribution in [0.5, 0.6) is 0 Å². The van der Waals surface area contributed by atoms with Crippen molar-refractivity contribution in [3.05, 3.63) is 64.0 Å². The number of carbonyl (C=O) groups excluding carboxylic acids is 1. The molecule has 4 aromatic rings. The lowest BCUT2D eigenvalue weighted by Gasteiger charge is -2.06. The molecule has 0 radical (unpaired) electrons. The SMILES string of the molecule is N#CC1(NC(=O)Cc2nnc(Cc3nc4ccc(-c5cccc(Cl)c5)c(F)c4s3)o2)CC1. The third-order valence-corrected chi connectivity index (χ3v) is 6.44. The van der Waals surface area contributed by atoms with Gasteiger partial charge in [0.05, 0.1) is 22.7 Å². The number of hydrogen-bond donors (Lipinski definition) is 1. The zero-order chi connectivity index (χ0) is 22.3. The van der Waals surface area contributed by atoms with Crippen molar-refractivity contribution in [3.63, 3.8) is 0 Å². The zero-order valence-electron chi connectivity index (χ0n) is 16.6. The molecule has 1 N–H and O–H groups in total. The quantitative estimate of drug-likeness (QED) is 0.449. The molecule has 1 amide bonds. The zero-order valence-corrected chi connectivity index (χ0v) is 18.1. The van der Waals surface area contributed by atoms with Crippen LogP contribution < -0.4 is 5.32 Å². The molecule has 160 valence electrons. The minimum atomic E-state index is -0.741. The van der Waals surface area contributed by atoms with Gasteiger partial charge < -0.3 is 9.73 Å². The molecule has 0 spiro atoms. The summed E-state index contributed by atoms with van der Waals surface area (Å²) in [6, 6.07) is 12.6. The Hall–Kier alpha value is -3.35. The van der Waals surface area contributed by atoms with Crippen molar-refractivity contribution in [1.82, 2.24) is 20.5 Å². The molecular weight excluding hydrogens is 453 g/mol. The summed E-state index contributed by atoms with van der Waals surface area (Å²) in [5.74, 6) is -0.261. The first-order valence-corrected chi connectivity index (χ1v) is 11.0. The molecule has 5 rings (SSSR count). The van der Waals surface area contributed by atoms with Crippen LogP contribution >= 0.6 is 22.9 Å². The first-order chi connectivity index (χ1) is 15.4. The summed E-state index contributed by atoms with van der Waals surface area (Å²) in [6.07, 6.45) is 1.42. The Morgan fingerprint density at radius 2 is 2.09 bits per heavy atom. The van der Waals surface area contributed by atoms with Crippen LogP contribution in [0.2, 0.25) is 5.02 Å². The van der Waals surface area contributed by atoms with Crippen LogP contribution in [0.3, 0.4) is 0 Å². The first-order valence-electron chi connectivity index (χ1n) is 9.82. The third kappa shape index (κ3) is 4.07. The van der Waals surface area contributed by atoms with Gasteiger partial charge in [-0.1, -0.05) is 23.7 Å². The Balaban J connectivity index is 1.32. The van der Waals surface area contributed by atoms with Gasteiger partial charge in [-0.2, -0.15) is 5.26 Å². The summed E-state index contributed by atoms with van der Waals surface area (Å²) in [4.78, 5) is 16.5. The Kier molecular flexibility index (Phi) is 5.12. The number of nitrogens with one attached hydrogen (secondary N) is 1. The first kappa shape index (κ1) is 20.5. The van der Waals surface area contributed by atoms with Crippen molar-refractivity contribution in [2.75, 3.05) is 0 Å². The summed E-state index contributed by atoms with van der Waals surface area (Å²) in [5.41, 5.74) is 0.941. The van der Waals surface area contributed by atoms with E-state index in [2.05, 4.69) is 26.6 Å². The van der Waals surface area contributed by atoms with E-state index in [1.807, 2.05) is 0 Å². The molecule has 1 fully saturated rings. The summed E-state index contributed by atoms with van der Waals surface area (Å²) < 4.78 is 21.1. The number of halogens is 2. The molecule has 10 heteroatoms. The molecule has 2 aromatic carbocycles. The number of aromatic nitrogens is 3. The van der Waals surface area contributed by atoms with Gasteiger partial charge in [0.2, 0.25) is 17.7 Å². The van der Waals surface area contributed by atoms with Crippen LogP contribution in [0.25, 0.3) is 21.3 Å². The highest BCUT2D eigenvalue weighted by atomic mass is 35.5. The van der Waals surface area contributed by atoms with Crippen LogP contribution in [0.15, 0.2) is 40.8 Å². The van der Waals surface area contributed by atoms with E-state index in [0.717, 1.165) is 0 Å². The average molecular weight is 468 g/mol. The normalized spacial score (nSPS) is 14.3. The molecule has 7 nitrogen and oxygen atoms in total. The van der Waals surface area contributed by atoms with Gasteiger partial charge in [0, 0.05) is 10.6 Å². The number of nitrogens with zero attached hydrogens (tertiary/aromatic N) is 4. The van der Waals surface area contributed by atoms with E-state index in [4.69, 9.17) is 21.3 Å². The van der Waals surface area contributed by atoms with Gasteiger partial charge in [0.1, 0.15) is 22.8 Å². The Bertz CT molecular complexity index is 1390. The fourth-order valence-corrected chi connectivity index (χ4v) is 4.54. The van der Waals surface area contributed by atoms with Crippen molar-refractivity contribution in [1.29, 1.82) is 5.26 Å². The number of amides is 1. The van der Waals surface area contributed by atoms with Crippen molar-refractivity contribution < 1.29 is 13.6 Å². The second kappa shape index (κ2) is 7.97. The van der Waals surface area contributed by atoms with Crippen LogP contribution in [-0.4, -0.2) is 26.6 Å². The minimum Gasteiger partial charge on any atom is -0.424 e. The van der Waals surface area contributed by atoms with Crippen molar-refractivity contribution in [2.45, 2.75) is 31.2 Å². The molecule has 0 atom stereocenters. The Morgan fingerprint density at radius 3 is 2.84 bits per heavy atom. The second-order valence-corrected chi connectivity index (χ2v) is 9.10. The lowest BCUT2D eigenvalue weighted by molar-refractivity contribution is -0.121. The van der Waals surface area contributed by atoms with Gasteiger partial charge in [-0.05, 0) is 42.7 Å². The van der Waals surface area contributed by atoms with E-state index in [0.29, 0.717) is 44.2 Å². The summed E-state index contributed by atoms with van der Waals surface area (Å²) in [7, 11) is 0. The predicted molar refractivity (Wildman–Crippen MR) is 117 cm³/mol. The number of hydrogen-bond acceptors (Lipinski definition) is 7. The summed E-state index contributed by atoms with van der Waals surface area (Å²) >= 11 is 7.25. The molecule has 2 aromatic heterocycles. The highest BCUT2D eigenvalue weighted by Gasteiger charge is 2.44. The molecule has 0 saturated heterocycles. The summed E-state index contributed by atoms with van der Waals surface area (Å²) in [6.45, 7) is 0. The van der Waals surface area contributed by atoms with E-state index < -0.39 is 5.54 Å². The number of carbonyl (C=O) groups is 1. The van der Waals surface area contributed by atoms with Crippen LogP contribution in [-0.2, 0) is 17.6 Å². The molecule has 0 bridgehead atoms. The summed E-state index contributed by atoms with van der Waals surface area (Å²) in [5, 5.41) is 20.7. The molecule has 1 saturated carbocycles. The van der Waals surface area contributed by atoms with Crippen LogP contribution in [0.1, 0.15) is 29.6 Å². The molecular formula is C22H15ClFN5O2S. The fraction of sp³-hybridized carbons (Fsp3) is 0.227. The number of benzene rings is 2. The van der Waals surface area contributed by atoms with E-state index in [-0.39, 0.29) is 36.3 Å². The maximum atomic E-state index is 15.2. The maximum Gasteiger partial charge on any atom is 0.230 e. The molecule has 0 aliphatic heterocycles. The molecule has 1 aliphatic carbocycles. The number of thiazole rings is 1. The minimum absolute atomic E-state index is 0.103. The lowest BCUT2D eigenvalue weighted by atomic mass is 10.1. The van der Waals surface area contributed by atoms with E-state index in [1.54, 1.807) is 36.4 Å². The van der Waals surface area contributed by atoms with E-state index in [9.17, 15) is 4.79 Å². The monoisotopic (exact) mass is 467 g/mol. The van der Waals surface area contributed by atoms with Gasteiger partial charge in [-0.15, -0.1) is 21.5 Å². The molecule has 1 aliphatic rings. The second-order valence-electron chi connectivity index (χ2n) is 7.58. The van der Waals surface area contributed by atoms with Gasteiger partial charge in [0.25, 0.3) is 0 Å². The molecule has 0 unspecified atom stereocenters. The molecule has 32 heavy (non-hydrogen) atoms. The third-order valence-electron chi connectivity index (χ3n) is 5.14. The largest absolute Gasteiger partial charge is 0.424 e. The Morgan fingerprint density at radius 1 is 1.28 bits per heavy atom. The molecule has 2 heterocycles. The number of fused-ring (bicyclic) bond motifs is 1. The smallest absolute Gasteiger partial charge is 0.230 e. The number of nitriles is 1. The fourth-order valence-electron chi connectivity index (χ4n) is 3.36. The van der Waals surface area contributed by atoms with Gasteiger partial charge in [0.15, 0.2) is 0 Å². The van der Waals surface area contributed by atoms with Gasteiger partial charge >= 0.3 is 0 Å². The van der Waals surface area contributed by atoms with Crippen molar-refractivity contribution in [2.24, 2.45) is 0 Å². The van der Waals surface area contributed by atoms with E-state index >= 15 is 4.39 Å². The van der Waals surface area contributed by atoms with Gasteiger partial charge in [-0.25, -0.2) is 9.37 Å².